The molecule has 0 radical (unpaired) electrons. The summed E-state index contributed by atoms with van der Waals surface area (Å²) < 4.78 is 30.2. The highest BCUT2D eigenvalue weighted by molar-refractivity contribution is 5.96. The maximum Gasteiger partial charge on any atom is 0.418 e. The van der Waals surface area contributed by atoms with Gasteiger partial charge >= 0.3 is 11.9 Å². The monoisotopic (exact) mass is 387 g/mol. The number of rotatable bonds is 3. The average Bonchev–Trinajstić information content (AvgIpc) is 2.98. The molecule has 1 aromatic carbocycles. The minimum absolute atomic E-state index is 0.204. The lowest BCUT2D eigenvalue weighted by Gasteiger charge is -2.37. The van der Waals surface area contributed by atoms with E-state index in [0.717, 1.165) is 18.8 Å². The minimum Gasteiger partial charge on any atom is -0.425 e. The zero-order valence-corrected chi connectivity index (χ0v) is 15.0. The zero-order valence-electron chi connectivity index (χ0n) is 15.0. The summed E-state index contributed by atoms with van der Waals surface area (Å²) >= 11 is 0. The van der Waals surface area contributed by atoms with Gasteiger partial charge in [-0.1, -0.05) is 0 Å². The Hall–Kier alpha value is -2.81. The van der Waals surface area contributed by atoms with E-state index in [2.05, 4.69) is 10.1 Å². The third-order valence-corrected chi connectivity index (χ3v) is 6.65. The number of halogens is 1. The van der Waals surface area contributed by atoms with Crippen LogP contribution in [0, 0.1) is 23.6 Å². The van der Waals surface area contributed by atoms with Crippen LogP contribution in [-0.4, -0.2) is 42.1 Å². The van der Waals surface area contributed by atoms with Crippen LogP contribution in [0.15, 0.2) is 29.0 Å². The minimum atomic E-state index is -1.29. The number of aromatic nitrogens is 1. The van der Waals surface area contributed by atoms with Crippen molar-refractivity contribution in [1.29, 1.82) is 0 Å². The average molecular weight is 387 g/mol. The van der Waals surface area contributed by atoms with Crippen LogP contribution in [0.25, 0.3) is 0 Å². The van der Waals surface area contributed by atoms with Crippen molar-refractivity contribution >= 4 is 17.5 Å². The molecular weight excluding hydrogens is 369 g/mol. The summed E-state index contributed by atoms with van der Waals surface area (Å²) in [6.45, 7) is 3.56. The Morgan fingerprint density at radius 2 is 2.07 bits per heavy atom. The highest BCUT2D eigenvalue weighted by Crippen LogP contribution is 2.55. The predicted molar refractivity (Wildman–Crippen MR) is 93.4 cm³/mol. The summed E-state index contributed by atoms with van der Waals surface area (Å²) in [5.41, 5.74) is 1.79. The molecule has 1 aliphatic carbocycles. The number of aliphatic hydroxyl groups is 1. The molecule has 5 atom stereocenters. The summed E-state index contributed by atoms with van der Waals surface area (Å²) in [7, 11) is 0. The van der Waals surface area contributed by atoms with E-state index in [-0.39, 0.29) is 6.61 Å². The van der Waals surface area contributed by atoms with Crippen LogP contribution >= 0.6 is 0 Å². The van der Waals surface area contributed by atoms with E-state index in [1.165, 1.54) is 23.3 Å². The molecule has 8 nitrogen and oxygen atoms in total. The lowest BCUT2D eigenvalue weighted by molar-refractivity contribution is -0.170. The molecule has 3 fully saturated rings. The zero-order chi connectivity index (χ0) is 19.2. The lowest BCUT2D eigenvalue weighted by atomic mass is 9.97. The molecule has 1 spiro atoms. The van der Waals surface area contributed by atoms with Crippen LogP contribution in [0.1, 0.15) is 12.5 Å². The molecule has 6 rings (SSSR count). The van der Waals surface area contributed by atoms with E-state index in [0.29, 0.717) is 34.9 Å². The summed E-state index contributed by atoms with van der Waals surface area (Å²) in [5, 5.41) is 13.1. The molecule has 1 amide bonds. The second-order valence-electron chi connectivity index (χ2n) is 7.93. The van der Waals surface area contributed by atoms with Gasteiger partial charge in [0.05, 0.1) is 11.4 Å². The lowest BCUT2D eigenvalue weighted by Crippen LogP contribution is -2.51. The van der Waals surface area contributed by atoms with Crippen molar-refractivity contribution in [3.05, 3.63) is 35.8 Å². The van der Waals surface area contributed by atoms with Crippen LogP contribution in [0.2, 0.25) is 0 Å². The fraction of sp³-hybridized carbons (Fsp3) is 0.474. The second kappa shape index (κ2) is 5.16. The van der Waals surface area contributed by atoms with Crippen molar-refractivity contribution in [3.63, 3.8) is 0 Å². The maximum absolute atomic E-state index is 14.1. The third-order valence-electron chi connectivity index (χ3n) is 6.65. The quantitative estimate of drug-likeness (QED) is 0.863. The molecule has 28 heavy (non-hydrogen) atoms. The summed E-state index contributed by atoms with van der Waals surface area (Å²) in [5.74, 6) is -0.161. The van der Waals surface area contributed by atoms with E-state index < -0.39 is 23.7 Å². The molecular formula is C19H18FN3O5. The highest BCUT2D eigenvalue weighted by atomic mass is 19.1. The van der Waals surface area contributed by atoms with Crippen molar-refractivity contribution in [2.24, 2.45) is 17.8 Å². The SMILES string of the molecule is C[C@H]1N(c2cc(F)ccc2N2CC3C(CO)[C@H]3C2)C(=O)O[C@@]12Oc1nocc12. The molecule has 1 saturated carbocycles. The van der Waals surface area contributed by atoms with Crippen LogP contribution in [0.4, 0.5) is 20.6 Å². The van der Waals surface area contributed by atoms with Gasteiger partial charge in [-0.05, 0) is 48.0 Å². The molecule has 1 aromatic heterocycles. The molecule has 3 aliphatic heterocycles. The van der Waals surface area contributed by atoms with Crippen LogP contribution in [0.5, 0.6) is 5.88 Å². The first-order valence-electron chi connectivity index (χ1n) is 9.35. The van der Waals surface area contributed by atoms with Gasteiger partial charge in [0.25, 0.3) is 5.88 Å². The molecule has 4 aliphatic rings. The predicted octanol–water partition coefficient (Wildman–Crippen LogP) is 2.08. The Labute approximate surface area is 159 Å². The summed E-state index contributed by atoms with van der Waals surface area (Å²) in [4.78, 5) is 16.4. The van der Waals surface area contributed by atoms with Crippen molar-refractivity contribution in [2.75, 3.05) is 29.5 Å². The van der Waals surface area contributed by atoms with E-state index in [4.69, 9.17) is 14.0 Å². The van der Waals surface area contributed by atoms with Crippen molar-refractivity contribution in [3.8, 4) is 5.88 Å². The van der Waals surface area contributed by atoms with Crippen LogP contribution < -0.4 is 14.5 Å². The number of amides is 1. The number of hydrogen-bond acceptors (Lipinski definition) is 7. The fourth-order valence-electron chi connectivity index (χ4n) is 5.04. The van der Waals surface area contributed by atoms with Gasteiger partial charge in [-0.3, -0.25) is 4.90 Å². The van der Waals surface area contributed by atoms with Gasteiger partial charge in [-0.15, -0.1) is 0 Å². The second-order valence-corrected chi connectivity index (χ2v) is 7.93. The van der Waals surface area contributed by atoms with Gasteiger partial charge in [0.1, 0.15) is 23.7 Å². The number of ether oxygens (including phenoxy) is 2. The van der Waals surface area contributed by atoms with E-state index in [1.54, 1.807) is 13.0 Å². The van der Waals surface area contributed by atoms with Crippen LogP contribution in [-0.2, 0) is 10.5 Å². The third kappa shape index (κ3) is 1.87. The normalized spacial score (nSPS) is 34.8. The smallest absolute Gasteiger partial charge is 0.418 e. The number of fused-ring (bicyclic) bond motifs is 3. The summed E-state index contributed by atoms with van der Waals surface area (Å²) in [6.07, 6.45) is 0.797. The number of anilines is 2. The van der Waals surface area contributed by atoms with Gasteiger partial charge < -0.3 is 24.0 Å². The molecule has 146 valence electrons. The number of aliphatic hydroxyl groups excluding tert-OH is 1. The van der Waals surface area contributed by atoms with Gasteiger partial charge in [-0.25, -0.2) is 9.18 Å². The first-order valence-corrected chi connectivity index (χ1v) is 9.35. The molecule has 2 saturated heterocycles. The van der Waals surface area contributed by atoms with Gasteiger partial charge in [0.2, 0.25) is 0 Å². The molecule has 0 bridgehead atoms. The standard InChI is InChI=1S/C19H18FN3O5/c1-9-19(14-8-26-21-17(14)27-19)28-18(25)23(9)16-4-10(20)2-3-15(16)22-5-11-12(6-22)13(11)7-24/h2-4,8-9,11-13,24H,5-7H2,1H3/t9-,11+,12?,13?,19+/m1/s1. The van der Waals surface area contributed by atoms with E-state index in [9.17, 15) is 14.3 Å². The number of piperidine rings is 1. The number of benzene rings is 1. The van der Waals surface area contributed by atoms with Gasteiger partial charge in [0.15, 0.2) is 0 Å². The number of carbonyl (C=O) groups excluding carboxylic acids is 1. The molecule has 9 heteroatoms. The van der Waals surface area contributed by atoms with Gasteiger partial charge in [0, 0.05) is 19.7 Å². The van der Waals surface area contributed by atoms with Crippen LogP contribution in [0.3, 0.4) is 0 Å². The molecule has 2 aromatic rings. The number of nitrogens with zero attached hydrogens (tertiary/aromatic N) is 3. The molecule has 1 N–H and O–H groups in total. The Morgan fingerprint density at radius 3 is 2.79 bits per heavy atom. The van der Waals surface area contributed by atoms with Crippen molar-refractivity contribution in [1.82, 2.24) is 5.16 Å². The first-order chi connectivity index (χ1) is 13.5. The summed E-state index contributed by atoms with van der Waals surface area (Å²) in [6, 6.07) is 3.91. The highest BCUT2D eigenvalue weighted by Gasteiger charge is 2.65. The maximum atomic E-state index is 14.1. The fourth-order valence-corrected chi connectivity index (χ4v) is 5.04. The van der Waals surface area contributed by atoms with E-state index >= 15 is 0 Å². The molecule has 4 heterocycles. The van der Waals surface area contributed by atoms with Crippen molar-refractivity contribution < 1.29 is 28.3 Å². The Kier molecular flexibility index (Phi) is 2.98. The Balaban J connectivity index is 1.36. The van der Waals surface area contributed by atoms with Crippen molar-refractivity contribution in [2.45, 2.75) is 18.8 Å². The number of hydrogen-bond donors (Lipinski definition) is 1. The molecule has 2 unspecified atom stereocenters. The Bertz CT molecular complexity index is 984. The van der Waals surface area contributed by atoms with E-state index in [1.807, 2.05) is 0 Å². The topological polar surface area (TPSA) is 88.3 Å². The number of carbonyl (C=O) groups is 1. The Morgan fingerprint density at radius 1 is 1.29 bits per heavy atom. The van der Waals surface area contributed by atoms with Gasteiger partial charge in [-0.2, -0.15) is 0 Å². The first kappa shape index (κ1) is 16.2. The largest absolute Gasteiger partial charge is 0.425 e.